The molecule has 1 atom stereocenters. The highest BCUT2D eigenvalue weighted by Crippen LogP contribution is 2.20. The molecule has 10 heteroatoms. The summed E-state index contributed by atoms with van der Waals surface area (Å²) in [7, 11) is -4.23. The zero-order chi connectivity index (χ0) is 16.2. The summed E-state index contributed by atoms with van der Waals surface area (Å²) in [6, 6.07) is 3.34. The van der Waals surface area contributed by atoms with E-state index in [1.54, 1.807) is 6.07 Å². The number of sulfonamides is 1. The lowest BCUT2D eigenvalue weighted by Crippen LogP contribution is -2.43. The molecule has 0 heterocycles. The van der Waals surface area contributed by atoms with Crippen molar-refractivity contribution in [1.82, 2.24) is 4.72 Å². The van der Waals surface area contributed by atoms with E-state index in [0.29, 0.717) is 0 Å². The van der Waals surface area contributed by atoms with Crippen LogP contribution in [0, 0.1) is 11.3 Å². The highest BCUT2D eigenvalue weighted by molar-refractivity contribution is 7.89. The smallest absolute Gasteiger partial charge is 0.322 e. The number of amides is 1. The van der Waals surface area contributed by atoms with Crippen LogP contribution in [0.4, 0.5) is 0 Å². The fourth-order valence-electron chi connectivity index (χ4n) is 1.39. The van der Waals surface area contributed by atoms with E-state index in [2.05, 4.69) is 0 Å². The molecule has 112 valence electrons. The number of rotatable bonds is 6. The number of nitriles is 1. The molecule has 1 aromatic rings. The lowest BCUT2D eigenvalue weighted by Gasteiger charge is -2.13. The van der Waals surface area contributed by atoms with Crippen LogP contribution in [0.1, 0.15) is 12.0 Å². The lowest BCUT2D eigenvalue weighted by atomic mass is 10.2. The number of carbonyl (C=O) groups excluding carboxylic acids is 1. The number of carbonyl (C=O) groups is 2. The number of hydrogen-bond acceptors (Lipinski definition) is 5. The van der Waals surface area contributed by atoms with Gasteiger partial charge in [0.25, 0.3) is 0 Å². The number of nitrogens with one attached hydrogen (secondary N) is 1. The first-order chi connectivity index (χ1) is 9.67. The van der Waals surface area contributed by atoms with Crippen molar-refractivity contribution in [3.63, 3.8) is 0 Å². The predicted molar refractivity (Wildman–Crippen MR) is 71.7 cm³/mol. The van der Waals surface area contributed by atoms with Gasteiger partial charge in [-0.05, 0) is 18.2 Å². The summed E-state index contributed by atoms with van der Waals surface area (Å²) in [4.78, 5) is 21.3. The average molecular weight is 332 g/mol. The molecule has 8 nitrogen and oxygen atoms in total. The number of aliphatic carboxylic acids is 1. The van der Waals surface area contributed by atoms with Gasteiger partial charge in [0, 0.05) is 0 Å². The molecule has 0 fully saturated rings. The highest BCUT2D eigenvalue weighted by Gasteiger charge is 2.27. The fourth-order valence-corrected chi connectivity index (χ4v) is 2.89. The van der Waals surface area contributed by atoms with E-state index in [1.807, 2.05) is 4.72 Å². The van der Waals surface area contributed by atoms with Crippen LogP contribution >= 0.6 is 11.6 Å². The number of halogens is 1. The Balaban J connectivity index is 3.10. The van der Waals surface area contributed by atoms with Gasteiger partial charge in [-0.1, -0.05) is 11.6 Å². The van der Waals surface area contributed by atoms with E-state index in [4.69, 9.17) is 27.7 Å². The molecule has 0 saturated heterocycles. The molecular formula is C11H10ClN3O5S. The second kappa shape index (κ2) is 6.53. The third-order valence-electron chi connectivity index (χ3n) is 2.37. The first-order valence-corrected chi connectivity index (χ1v) is 7.26. The monoisotopic (exact) mass is 331 g/mol. The molecule has 21 heavy (non-hydrogen) atoms. The Labute approximate surface area is 125 Å². The summed E-state index contributed by atoms with van der Waals surface area (Å²) in [5.74, 6) is -2.51. The number of nitrogens with zero attached hydrogens (tertiary/aromatic N) is 1. The van der Waals surface area contributed by atoms with E-state index in [0.717, 1.165) is 12.1 Å². The minimum Gasteiger partial charge on any atom is -0.480 e. The molecule has 1 aromatic carbocycles. The first-order valence-electron chi connectivity index (χ1n) is 5.40. The van der Waals surface area contributed by atoms with Gasteiger partial charge in [0.15, 0.2) is 0 Å². The van der Waals surface area contributed by atoms with Gasteiger partial charge in [-0.2, -0.15) is 9.98 Å². The normalized spacial score (nSPS) is 12.4. The molecule has 0 bridgehead atoms. The summed E-state index contributed by atoms with van der Waals surface area (Å²) < 4.78 is 25.9. The van der Waals surface area contributed by atoms with Crippen LogP contribution in [-0.2, 0) is 19.6 Å². The summed E-state index contributed by atoms with van der Waals surface area (Å²) in [5, 5.41) is 17.5. The van der Waals surface area contributed by atoms with Gasteiger partial charge in [-0.25, -0.2) is 8.42 Å². The quantitative estimate of drug-likeness (QED) is 0.657. The molecule has 0 unspecified atom stereocenters. The number of nitrogens with two attached hydrogens (primary N) is 1. The molecule has 0 aliphatic rings. The molecule has 1 amide bonds. The van der Waals surface area contributed by atoms with E-state index in [1.165, 1.54) is 6.07 Å². The molecule has 0 aromatic heterocycles. The standard InChI is InChI=1S/C11H10ClN3O5S/c12-8-3-7(2-1-6(8)5-13)21(19,20)15-9(11(17)18)4-10(14)16/h1-3,9,15H,4H2,(H2,14,16)(H,17,18)/t9-/m1/s1. The minimum absolute atomic E-state index is 0.0718. The molecule has 0 saturated carbocycles. The van der Waals surface area contributed by atoms with Gasteiger partial charge in [0.1, 0.15) is 12.1 Å². The van der Waals surface area contributed by atoms with E-state index in [-0.39, 0.29) is 15.5 Å². The maximum atomic E-state index is 12.0. The summed E-state index contributed by atoms with van der Waals surface area (Å²) >= 11 is 5.71. The van der Waals surface area contributed by atoms with Crippen LogP contribution in [0.3, 0.4) is 0 Å². The molecule has 4 N–H and O–H groups in total. The number of benzene rings is 1. The van der Waals surface area contributed by atoms with Crippen molar-refractivity contribution < 1.29 is 23.1 Å². The molecular weight excluding hydrogens is 322 g/mol. The third kappa shape index (κ3) is 4.42. The highest BCUT2D eigenvalue weighted by atomic mass is 35.5. The van der Waals surface area contributed by atoms with Crippen molar-refractivity contribution in [2.75, 3.05) is 0 Å². The summed E-state index contributed by atoms with van der Waals surface area (Å²) in [6.07, 6.45) is -0.696. The molecule has 1 rings (SSSR count). The van der Waals surface area contributed by atoms with Crippen molar-refractivity contribution in [3.8, 4) is 6.07 Å². The first kappa shape index (κ1) is 16.9. The van der Waals surface area contributed by atoms with Crippen LogP contribution in [0.2, 0.25) is 5.02 Å². The van der Waals surface area contributed by atoms with Gasteiger partial charge in [-0.3, -0.25) is 9.59 Å². The lowest BCUT2D eigenvalue weighted by molar-refractivity contribution is -0.140. The van der Waals surface area contributed by atoms with Gasteiger partial charge >= 0.3 is 5.97 Å². The van der Waals surface area contributed by atoms with Crippen LogP contribution in [-0.4, -0.2) is 31.4 Å². The van der Waals surface area contributed by atoms with Gasteiger partial charge in [0.2, 0.25) is 15.9 Å². The summed E-state index contributed by atoms with van der Waals surface area (Å²) in [6.45, 7) is 0. The van der Waals surface area contributed by atoms with E-state index >= 15 is 0 Å². The van der Waals surface area contributed by atoms with Crippen LogP contribution in [0.15, 0.2) is 23.1 Å². The van der Waals surface area contributed by atoms with Crippen molar-refractivity contribution in [3.05, 3.63) is 28.8 Å². The third-order valence-corrected chi connectivity index (χ3v) is 4.15. The summed E-state index contributed by atoms with van der Waals surface area (Å²) in [5.41, 5.74) is 4.93. The Morgan fingerprint density at radius 1 is 1.48 bits per heavy atom. The zero-order valence-corrected chi connectivity index (χ0v) is 12.0. The van der Waals surface area contributed by atoms with Gasteiger partial charge in [-0.15, -0.1) is 0 Å². The number of hydrogen-bond donors (Lipinski definition) is 3. The van der Waals surface area contributed by atoms with Crippen molar-refractivity contribution in [1.29, 1.82) is 5.26 Å². The zero-order valence-electron chi connectivity index (χ0n) is 10.4. The second-order valence-electron chi connectivity index (χ2n) is 3.94. The number of primary amides is 1. The van der Waals surface area contributed by atoms with Crippen LogP contribution in [0.25, 0.3) is 0 Å². The molecule has 0 aliphatic carbocycles. The number of carboxylic acid groups (broad SMARTS) is 1. The maximum absolute atomic E-state index is 12.0. The second-order valence-corrected chi connectivity index (χ2v) is 6.06. The minimum atomic E-state index is -4.23. The molecule has 0 aliphatic heterocycles. The Morgan fingerprint density at radius 3 is 2.52 bits per heavy atom. The van der Waals surface area contributed by atoms with Gasteiger partial charge in [0.05, 0.1) is 21.9 Å². The van der Waals surface area contributed by atoms with Gasteiger partial charge < -0.3 is 10.8 Å². The topological polar surface area (TPSA) is 150 Å². The van der Waals surface area contributed by atoms with Crippen molar-refractivity contribution in [2.24, 2.45) is 5.73 Å². The van der Waals surface area contributed by atoms with Crippen molar-refractivity contribution in [2.45, 2.75) is 17.4 Å². The SMILES string of the molecule is N#Cc1ccc(S(=O)(=O)N[C@H](CC(N)=O)C(=O)O)cc1Cl. The largest absolute Gasteiger partial charge is 0.480 e. The van der Waals surface area contributed by atoms with Crippen LogP contribution < -0.4 is 10.5 Å². The average Bonchev–Trinajstić information content (AvgIpc) is 2.36. The van der Waals surface area contributed by atoms with Crippen LogP contribution in [0.5, 0.6) is 0 Å². The Kier molecular flexibility index (Phi) is 5.26. The molecule has 0 radical (unpaired) electrons. The Hall–Kier alpha value is -2.15. The maximum Gasteiger partial charge on any atom is 0.322 e. The number of carboxylic acids is 1. The van der Waals surface area contributed by atoms with E-state index < -0.39 is 34.4 Å². The van der Waals surface area contributed by atoms with E-state index in [9.17, 15) is 18.0 Å². The fraction of sp³-hybridized carbons (Fsp3) is 0.182. The van der Waals surface area contributed by atoms with Crippen molar-refractivity contribution >= 4 is 33.5 Å². The molecule has 0 spiro atoms. The Morgan fingerprint density at radius 2 is 2.10 bits per heavy atom. The predicted octanol–water partition coefficient (Wildman–Crippen LogP) is -0.181. The Bertz CT molecular complexity index is 726.